The van der Waals surface area contributed by atoms with Gasteiger partial charge < -0.3 is 18.7 Å². The molecule has 1 N–H and O–H groups in total. The van der Waals surface area contributed by atoms with Crippen molar-refractivity contribution in [2.75, 3.05) is 0 Å². The fraction of sp³-hybridized carbons (Fsp3) is 0.0222. The third-order valence-corrected chi connectivity index (χ3v) is 10.1. The standard InChI is InChI=1S/C45H28N4O2/c1-3-12-27(13-4-1)43-46-44(28-14-5-2-6-15-28)48-45(47-43)33-19-11-18-32-40-39(51-42(32)33)25-24-38-41(40)34-26-29(22-23-37(34)50-38)49-35-20-9-7-16-30(35)31-17-8-10-21-36(31)49/h1-26,43H,(H,46,47,48). The average Bonchev–Trinajstić information content (AvgIpc) is 3.87. The first-order valence-corrected chi connectivity index (χ1v) is 17.1. The monoisotopic (exact) mass is 656 g/mol. The van der Waals surface area contributed by atoms with E-state index in [0.29, 0.717) is 5.84 Å². The van der Waals surface area contributed by atoms with E-state index >= 15 is 0 Å². The number of benzene rings is 7. The van der Waals surface area contributed by atoms with Crippen LogP contribution in [-0.2, 0) is 0 Å². The molecule has 51 heavy (non-hydrogen) atoms. The van der Waals surface area contributed by atoms with Crippen molar-refractivity contribution in [1.29, 1.82) is 0 Å². The van der Waals surface area contributed by atoms with Crippen LogP contribution < -0.4 is 5.32 Å². The molecule has 1 aliphatic heterocycles. The highest BCUT2D eigenvalue weighted by atomic mass is 16.3. The predicted molar refractivity (Wildman–Crippen MR) is 207 cm³/mol. The molecule has 240 valence electrons. The lowest BCUT2D eigenvalue weighted by Gasteiger charge is -2.23. The summed E-state index contributed by atoms with van der Waals surface area (Å²) >= 11 is 0. The number of rotatable bonds is 4. The lowest BCUT2D eigenvalue weighted by Crippen LogP contribution is -2.33. The van der Waals surface area contributed by atoms with E-state index in [4.69, 9.17) is 18.8 Å². The van der Waals surface area contributed by atoms with Crippen molar-refractivity contribution in [3.05, 3.63) is 174 Å². The Morgan fingerprint density at radius 3 is 1.92 bits per heavy atom. The number of nitrogens with one attached hydrogen (secondary N) is 1. The zero-order valence-corrected chi connectivity index (χ0v) is 27.2. The lowest BCUT2D eigenvalue weighted by atomic mass is 10.0. The molecule has 4 heterocycles. The minimum absolute atomic E-state index is 0.308. The minimum atomic E-state index is -0.308. The van der Waals surface area contributed by atoms with Gasteiger partial charge in [-0.1, -0.05) is 109 Å². The summed E-state index contributed by atoms with van der Waals surface area (Å²) in [6.45, 7) is 0. The van der Waals surface area contributed by atoms with Gasteiger partial charge in [0.1, 0.15) is 34.3 Å². The zero-order chi connectivity index (χ0) is 33.5. The van der Waals surface area contributed by atoms with Crippen LogP contribution in [0.5, 0.6) is 0 Å². The Morgan fingerprint density at radius 2 is 1.16 bits per heavy atom. The summed E-state index contributed by atoms with van der Waals surface area (Å²) in [4.78, 5) is 10.2. The van der Waals surface area contributed by atoms with Gasteiger partial charge in [0, 0.05) is 43.6 Å². The topological polar surface area (TPSA) is 68.0 Å². The number of aromatic nitrogens is 1. The second-order valence-electron chi connectivity index (χ2n) is 13.0. The molecule has 1 atom stereocenters. The Kier molecular flexibility index (Phi) is 5.92. The number of hydrogen-bond acceptors (Lipinski definition) is 5. The zero-order valence-electron chi connectivity index (χ0n) is 27.2. The molecule has 7 aromatic carbocycles. The molecule has 0 spiro atoms. The van der Waals surface area contributed by atoms with Gasteiger partial charge in [-0.05, 0) is 54.1 Å². The van der Waals surface area contributed by atoms with E-state index in [9.17, 15) is 0 Å². The molecule has 0 fully saturated rings. The quantitative estimate of drug-likeness (QED) is 0.205. The van der Waals surface area contributed by atoms with Gasteiger partial charge in [-0.2, -0.15) is 0 Å². The minimum Gasteiger partial charge on any atom is -0.456 e. The van der Waals surface area contributed by atoms with Gasteiger partial charge in [-0.25, -0.2) is 9.98 Å². The molecule has 6 heteroatoms. The van der Waals surface area contributed by atoms with E-state index in [1.807, 2.05) is 54.6 Å². The van der Waals surface area contributed by atoms with E-state index < -0.39 is 0 Å². The molecule has 1 aliphatic rings. The van der Waals surface area contributed by atoms with Crippen molar-refractivity contribution in [2.24, 2.45) is 9.98 Å². The molecule has 0 radical (unpaired) electrons. The van der Waals surface area contributed by atoms with Crippen molar-refractivity contribution in [3.63, 3.8) is 0 Å². The molecular weight excluding hydrogens is 629 g/mol. The van der Waals surface area contributed by atoms with Crippen LogP contribution >= 0.6 is 0 Å². The molecular formula is C45H28N4O2. The van der Waals surface area contributed by atoms with Crippen molar-refractivity contribution in [2.45, 2.75) is 6.17 Å². The molecule has 0 aliphatic carbocycles. The number of fused-ring (bicyclic) bond motifs is 10. The van der Waals surface area contributed by atoms with Crippen LogP contribution in [0.3, 0.4) is 0 Å². The predicted octanol–water partition coefficient (Wildman–Crippen LogP) is 11.1. The number of amidine groups is 2. The second-order valence-corrected chi connectivity index (χ2v) is 13.0. The maximum Gasteiger partial charge on any atom is 0.163 e. The summed E-state index contributed by atoms with van der Waals surface area (Å²) in [5, 5.41) is 10.1. The third-order valence-electron chi connectivity index (χ3n) is 10.1. The van der Waals surface area contributed by atoms with Crippen LogP contribution in [0.4, 0.5) is 0 Å². The smallest absolute Gasteiger partial charge is 0.163 e. The van der Waals surface area contributed by atoms with Gasteiger partial charge in [0.2, 0.25) is 0 Å². The SMILES string of the molecule is c1ccc(C2=NC(c3cccc4c3oc3ccc5oc6ccc(-n7c8ccccc8c8ccccc87)cc6c5c34)=NC(c3ccccc3)N2)cc1. The summed E-state index contributed by atoms with van der Waals surface area (Å²) in [5.41, 5.74) is 9.48. The molecule has 0 saturated heterocycles. The average molecular weight is 657 g/mol. The van der Waals surface area contributed by atoms with E-state index in [1.54, 1.807) is 0 Å². The van der Waals surface area contributed by atoms with Crippen molar-refractivity contribution in [3.8, 4) is 5.69 Å². The first-order valence-electron chi connectivity index (χ1n) is 17.1. The highest BCUT2D eigenvalue weighted by Gasteiger charge is 2.25. The highest BCUT2D eigenvalue weighted by molar-refractivity contribution is 6.28. The molecule has 1 unspecified atom stereocenters. The van der Waals surface area contributed by atoms with E-state index in [1.165, 1.54) is 21.8 Å². The fourth-order valence-corrected chi connectivity index (χ4v) is 7.78. The number of aliphatic imine (C=N–C) groups is 2. The largest absolute Gasteiger partial charge is 0.456 e. The number of furan rings is 2. The number of nitrogens with zero attached hydrogens (tertiary/aromatic N) is 3. The summed E-state index contributed by atoms with van der Waals surface area (Å²) in [6, 6.07) is 54.4. The van der Waals surface area contributed by atoms with Crippen molar-refractivity contribution in [1.82, 2.24) is 9.88 Å². The van der Waals surface area contributed by atoms with Gasteiger partial charge >= 0.3 is 0 Å². The Labute approximate surface area is 291 Å². The van der Waals surface area contributed by atoms with E-state index in [-0.39, 0.29) is 6.17 Å². The molecule has 11 rings (SSSR count). The van der Waals surface area contributed by atoms with Gasteiger partial charge in [0.05, 0.1) is 16.6 Å². The summed E-state index contributed by atoms with van der Waals surface area (Å²) in [6.07, 6.45) is -0.308. The third kappa shape index (κ3) is 4.23. The molecule has 10 aromatic rings. The Balaban J connectivity index is 1.14. The van der Waals surface area contributed by atoms with Crippen LogP contribution in [-0.4, -0.2) is 16.2 Å². The lowest BCUT2D eigenvalue weighted by molar-refractivity contribution is 0.660. The second kappa shape index (κ2) is 10.8. The van der Waals surface area contributed by atoms with Gasteiger partial charge in [0.15, 0.2) is 5.84 Å². The Hall–Kier alpha value is -6.92. The Bertz CT molecular complexity index is 3000. The van der Waals surface area contributed by atoms with Gasteiger partial charge in [-0.3, -0.25) is 0 Å². The maximum absolute atomic E-state index is 6.75. The van der Waals surface area contributed by atoms with Crippen molar-refractivity contribution >= 4 is 77.4 Å². The van der Waals surface area contributed by atoms with E-state index in [0.717, 1.165) is 72.1 Å². The van der Waals surface area contributed by atoms with Gasteiger partial charge in [0.25, 0.3) is 0 Å². The van der Waals surface area contributed by atoms with Gasteiger partial charge in [-0.15, -0.1) is 0 Å². The number of hydrogen-bond donors (Lipinski definition) is 1. The fourth-order valence-electron chi connectivity index (χ4n) is 7.78. The summed E-state index contributed by atoms with van der Waals surface area (Å²) in [5.74, 6) is 1.39. The molecule has 0 amide bonds. The molecule has 3 aromatic heterocycles. The van der Waals surface area contributed by atoms with Crippen LogP contribution in [0.1, 0.15) is 22.9 Å². The van der Waals surface area contributed by atoms with Crippen LogP contribution in [0, 0.1) is 0 Å². The first-order chi connectivity index (χ1) is 25.3. The number of para-hydroxylation sites is 3. The normalized spacial score (nSPS) is 14.9. The molecule has 0 bridgehead atoms. The molecule has 0 saturated carbocycles. The van der Waals surface area contributed by atoms with E-state index in [2.05, 4.69) is 113 Å². The van der Waals surface area contributed by atoms with Crippen LogP contribution in [0.15, 0.2) is 177 Å². The molecule has 6 nitrogen and oxygen atoms in total. The Morgan fingerprint density at radius 1 is 0.529 bits per heavy atom. The summed E-state index contributed by atoms with van der Waals surface area (Å²) in [7, 11) is 0. The summed E-state index contributed by atoms with van der Waals surface area (Å²) < 4.78 is 15.6. The van der Waals surface area contributed by atoms with Crippen LogP contribution in [0.25, 0.3) is 71.4 Å². The highest BCUT2D eigenvalue weighted by Crippen LogP contribution is 2.42. The van der Waals surface area contributed by atoms with Crippen molar-refractivity contribution < 1.29 is 8.83 Å². The maximum atomic E-state index is 6.75. The van der Waals surface area contributed by atoms with Crippen LogP contribution in [0.2, 0.25) is 0 Å². The first kappa shape index (κ1) is 28.0.